The van der Waals surface area contributed by atoms with E-state index in [1.807, 2.05) is 42.6 Å². The minimum atomic E-state index is -0.195. The standard InChI is InChI=1S/C33H27N3O/c1-32-17-18-33(2,37-32)27-19-24(13-15-26(27)32)28-16-14-25(21-34-28)31-35-29(22-9-5-3-6-10-22)20-30(36-31)23-11-7-4-8-12-23/h3-16,19-21H,17-18H2,1-2H3. The normalized spacial score (nSPS) is 21.7. The molecule has 180 valence electrons. The number of ether oxygens (including phenoxy) is 1. The zero-order chi connectivity index (χ0) is 25.0. The van der Waals surface area contributed by atoms with Gasteiger partial charge in [0.15, 0.2) is 5.82 Å². The SMILES string of the molecule is CC12CCC(C)(O1)c1cc(-c3ccc(-c4nc(-c5ccccc5)cc(-c5ccccc5)n4)cn3)ccc12. The molecular formula is C33H27N3O. The number of pyridine rings is 1. The lowest BCUT2D eigenvalue weighted by atomic mass is 9.77. The average Bonchev–Trinajstić information content (AvgIpc) is 3.40. The fourth-order valence-electron chi connectivity index (χ4n) is 5.84. The van der Waals surface area contributed by atoms with E-state index < -0.39 is 0 Å². The van der Waals surface area contributed by atoms with Gasteiger partial charge < -0.3 is 4.74 Å². The number of benzene rings is 3. The third-order valence-corrected chi connectivity index (χ3v) is 7.87. The molecule has 2 unspecified atom stereocenters. The van der Waals surface area contributed by atoms with Gasteiger partial charge in [0.1, 0.15) is 0 Å². The largest absolute Gasteiger partial charge is 0.360 e. The van der Waals surface area contributed by atoms with E-state index in [9.17, 15) is 0 Å². The maximum Gasteiger partial charge on any atom is 0.161 e. The third kappa shape index (κ3) is 3.68. The Balaban J connectivity index is 1.27. The van der Waals surface area contributed by atoms with Crippen molar-refractivity contribution in [1.29, 1.82) is 0 Å². The van der Waals surface area contributed by atoms with Gasteiger partial charge in [0, 0.05) is 28.5 Å². The predicted molar refractivity (Wildman–Crippen MR) is 147 cm³/mol. The minimum absolute atomic E-state index is 0.155. The van der Waals surface area contributed by atoms with E-state index in [2.05, 4.69) is 74.5 Å². The van der Waals surface area contributed by atoms with Crippen LogP contribution in [0.2, 0.25) is 0 Å². The molecule has 2 bridgehead atoms. The summed E-state index contributed by atoms with van der Waals surface area (Å²) < 4.78 is 6.44. The average molecular weight is 482 g/mol. The monoisotopic (exact) mass is 481 g/mol. The predicted octanol–water partition coefficient (Wildman–Crippen LogP) is 7.79. The van der Waals surface area contributed by atoms with Crippen molar-refractivity contribution in [3.05, 3.63) is 114 Å². The maximum absolute atomic E-state index is 6.44. The second-order valence-corrected chi connectivity index (χ2v) is 10.5. The molecule has 2 aromatic heterocycles. The van der Waals surface area contributed by atoms with Crippen LogP contribution in [0.4, 0.5) is 0 Å². The summed E-state index contributed by atoms with van der Waals surface area (Å²) in [7, 11) is 0. The molecular weight excluding hydrogens is 454 g/mol. The van der Waals surface area contributed by atoms with Crippen molar-refractivity contribution in [2.45, 2.75) is 37.9 Å². The summed E-state index contributed by atoms with van der Waals surface area (Å²) >= 11 is 0. The van der Waals surface area contributed by atoms with Crippen molar-refractivity contribution in [1.82, 2.24) is 15.0 Å². The van der Waals surface area contributed by atoms with E-state index in [-0.39, 0.29) is 11.2 Å². The number of nitrogens with zero attached hydrogens (tertiary/aromatic N) is 3. The molecule has 5 aromatic rings. The van der Waals surface area contributed by atoms with Crippen molar-refractivity contribution in [3.8, 4) is 45.2 Å². The highest BCUT2D eigenvalue weighted by molar-refractivity contribution is 5.72. The molecule has 0 spiro atoms. The Bertz CT molecular complexity index is 1560. The zero-order valence-corrected chi connectivity index (χ0v) is 21.0. The lowest BCUT2D eigenvalue weighted by molar-refractivity contribution is -0.0662. The highest BCUT2D eigenvalue weighted by Crippen LogP contribution is 2.58. The zero-order valence-electron chi connectivity index (χ0n) is 21.0. The van der Waals surface area contributed by atoms with Crippen LogP contribution in [0.1, 0.15) is 37.8 Å². The van der Waals surface area contributed by atoms with Gasteiger partial charge in [-0.1, -0.05) is 72.8 Å². The van der Waals surface area contributed by atoms with Gasteiger partial charge in [0.25, 0.3) is 0 Å². The van der Waals surface area contributed by atoms with Crippen LogP contribution in [0, 0.1) is 0 Å². The fraction of sp³-hybridized carbons (Fsp3) is 0.182. The van der Waals surface area contributed by atoms with E-state index in [0.29, 0.717) is 5.82 Å². The van der Waals surface area contributed by atoms with Crippen molar-refractivity contribution >= 4 is 0 Å². The molecule has 4 heteroatoms. The summed E-state index contributed by atoms with van der Waals surface area (Å²) in [6.07, 6.45) is 4.02. The smallest absolute Gasteiger partial charge is 0.161 e. The van der Waals surface area contributed by atoms with Gasteiger partial charge in [0.2, 0.25) is 0 Å². The van der Waals surface area contributed by atoms with Gasteiger partial charge >= 0.3 is 0 Å². The molecule has 1 fully saturated rings. The van der Waals surface area contributed by atoms with Gasteiger partial charge in [-0.2, -0.15) is 0 Å². The van der Waals surface area contributed by atoms with Crippen LogP contribution in [-0.2, 0) is 15.9 Å². The highest BCUT2D eigenvalue weighted by Gasteiger charge is 2.54. The van der Waals surface area contributed by atoms with Crippen molar-refractivity contribution in [3.63, 3.8) is 0 Å². The first-order valence-corrected chi connectivity index (χ1v) is 12.8. The molecule has 2 aliphatic heterocycles. The van der Waals surface area contributed by atoms with Gasteiger partial charge in [0.05, 0.1) is 28.3 Å². The summed E-state index contributed by atoms with van der Waals surface area (Å²) in [5, 5.41) is 0. The second kappa shape index (κ2) is 8.19. The number of hydrogen-bond donors (Lipinski definition) is 0. The maximum atomic E-state index is 6.44. The molecule has 37 heavy (non-hydrogen) atoms. The molecule has 2 aliphatic rings. The molecule has 2 atom stereocenters. The van der Waals surface area contributed by atoms with Crippen LogP contribution in [-0.4, -0.2) is 15.0 Å². The van der Waals surface area contributed by atoms with Gasteiger partial charge in [-0.3, -0.25) is 4.98 Å². The van der Waals surface area contributed by atoms with E-state index in [4.69, 9.17) is 19.7 Å². The summed E-state index contributed by atoms with van der Waals surface area (Å²) in [5.74, 6) is 0.666. The molecule has 0 N–H and O–H groups in total. The fourth-order valence-corrected chi connectivity index (χ4v) is 5.84. The van der Waals surface area contributed by atoms with E-state index in [1.54, 1.807) is 0 Å². The van der Waals surface area contributed by atoms with E-state index in [1.165, 1.54) is 11.1 Å². The van der Waals surface area contributed by atoms with E-state index in [0.717, 1.165) is 52.2 Å². The molecule has 7 rings (SSSR count). The second-order valence-electron chi connectivity index (χ2n) is 10.5. The topological polar surface area (TPSA) is 47.9 Å². The third-order valence-electron chi connectivity index (χ3n) is 7.87. The Morgan fingerprint density at radius 2 is 1.16 bits per heavy atom. The van der Waals surface area contributed by atoms with Crippen LogP contribution in [0.3, 0.4) is 0 Å². The highest BCUT2D eigenvalue weighted by atomic mass is 16.5. The molecule has 4 heterocycles. The number of hydrogen-bond acceptors (Lipinski definition) is 4. The van der Waals surface area contributed by atoms with E-state index >= 15 is 0 Å². The first-order chi connectivity index (χ1) is 18.0. The molecule has 0 saturated carbocycles. The van der Waals surface area contributed by atoms with Crippen LogP contribution in [0.15, 0.2) is 103 Å². The quantitative estimate of drug-likeness (QED) is 0.263. The molecule has 0 amide bonds. The lowest BCUT2D eigenvalue weighted by Crippen LogP contribution is -2.17. The first-order valence-electron chi connectivity index (χ1n) is 12.8. The Morgan fingerprint density at radius 1 is 0.568 bits per heavy atom. The summed E-state index contributed by atoms with van der Waals surface area (Å²) in [6, 6.07) is 33.3. The van der Waals surface area contributed by atoms with Crippen molar-refractivity contribution in [2.75, 3.05) is 0 Å². The number of rotatable bonds is 4. The van der Waals surface area contributed by atoms with Crippen LogP contribution in [0.25, 0.3) is 45.2 Å². The lowest BCUT2D eigenvalue weighted by Gasteiger charge is -2.23. The summed E-state index contributed by atoms with van der Waals surface area (Å²) in [4.78, 5) is 14.7. The molecule has 3 aromatic carbocycles. The molecule has 0 aliphatic carbocycles. The van der Waals surface area contributed by atoms with Crippen LogP contribution >= 0.6 is 0 Å². The number of aromatic nitrogens is 3. The van der Waals surface area contributed by atoms with Gasteiger partial charge in [-0.05, 0) is 62.1 Å². The van der Waals surface area contributed by atoms with Crippen molar-refractivity contribution in [2.24, 2.45) is 0 Å². The Labute approximate surface area is 217 Å². The van der Waals surface area contributed by atoms with Gasteiger partial charge in [-0.15, -0.1) is 0 Å². The van der Waals surface area contributed by atoms with Crippen LogP contribution in [0.5, 0.6) is 0 Å². The minimum Gasteiger partial charge on any atom is -0.360 e. The van der Waals surface area contributed by atoms with Gasteiger partial charge in [-0.25, -0.2) is 9.97 Å². The molecule has 1 saturated heterocycles. The number of fused-ring (bicyclic) bond motifs is 5. The Hall–Kier alpha value is -4.15. The van der Waals surface area contributed by atoms with Crippen molar-refractivity contribution < 1.29 is 4.74 Å². The Kier molecular flexibility index (Phi) is 4.89. The Morgan fingerprint density at radius 3 is 1.76 bits per heavy atom. The molecule has 4 nitrogen and oxygen atoms in total. The summed E-state index contributed by atoms with van der Waals surface area (Å²) in [6.45, 7) is 4.43. The summed E-state index contributed by atoms with van der Waals surface area (Å²) in [5.41, 5.74) is 9.11. The first kappa shape index (κ1) is 22.1. The molecule has 0 radical (unpaired) electrons. The van der Waals surface area contributed by atoms with Crippen LogP contribution < -0.4 is 0 Å².